The van der Waals surface area contributed by atoms with Crippen LogP contribution in [0.1, 0.15) is 34.1 Å². The van der Waals surface area contributed by atoms with Gasteiger partial charge in [0.1, 0.15) is 0 Å². The number of rotatable bonds is 0. The zero-order chi connectivity index (χ0) is 7.78. The third-order valence-corrected chi connectivity index (χ3v) is 2.66. The van der Waals surface area contributed by atoms with E-state index < -0.39 is 0 Å². The molecular formula is C10H17. The van der Waals surface area contributed by atoms with Crippen LogP contribution >= 0.6 is 0 Å². The molecule has 1 atom stereocenters. The van der Waals surface area contributed by atoms with E-state index in [1.54, 1.807) is 0 Å². The van der Waals surface area contributed by atoms with Gasteiger partial charge in [0.25, 0.3) is 0 Å². The summed E-state index contributed by atoms with van der Waals surface area (Å²) in [5.74, 6) is 0.802. The second-order valence-corrected chi connectivity index (χ2v) is 4.05. The van der Waals surface area contributed by atoms with E-state index in [0.29, 0.717) is 5.41 Å². The summed E-state index contributed by atoms with van der Waals surface area (Å²) in [6.45, 7) is 9.13. The molecule has 0 saturated carbocycles. The molecule has 0 spiro atoms. The zero-order valence-corrected chi connectivity index (χ0v) is 7.44. The highest BCUT2D eigenvalue weighted by Crippen LogP contribution is 2.37. The van der Waals surface area contributed by atoms with Gasteiger partial charge >= 0.3 is 0 Å². The fourth-order valence-electron chi connectivity index (χ4n) is 1.45. The van der Waals surface area contributed by atoms with Crippen molar-refractivity contribution in [2.75, 3.05) is 0 Å². The maximum atomic E-state index is 2.38. The van der Waals surface area contributed by atoms with Crippen LogP contribution in [0.5, 0.6) is 0 Å². The quantitative estimate of drug-likeness (QED) is 0.481. The molecule has 1 radical (unpaired) electrons. The lowest BCUT2D eigenvalue weighted by molar-refractivity contribution is 0.292. The fraction of sp³-hybridized carbons (Fsp3) is 0.700. The van der Waals surface area contributed by atoms with Gasteiger partial charge in [-0.3, -0.25) is 0 Å². The topological polar surface area (TPSA) is 0 Å². The smallest absolute Gasteiger partial charge is 0.0137 e. The second-order valence-electron chi connectivity index (χ2n) is 4.05. The highest BCUT2D eigenvalue weighted by molar-refractivity contribution is 5.19. The summed E-state index contributed by atoms with van der Waals surface area (Å²) in [5, 5.41) is 0. The summed E-state index contributed by atoms with van der Waals surface area (Å²) >= 11 is 0. The highest BCUT2D eigenvalue weighted by Gasteiger charge is 2.26. The molecule has 1 unspecified atom stereocenters. The first-order valence-electron chi connectivity index (χ1n) is 4.05. The average Bonchev–Trinajstić information content (AvgIpc) is 1.78. The molecule has 0 heterocycles. The largest absolute Gasteiger partial charge is 0.0794 e. The Labute approximate surface area is 64.3 Å². The zero-order valence-electron chi connectivity index (χ0n) is 7.44. The van der Waals surface area contributed by atoms with Crippen LogP contribution in [-0.2, 0) is 0 Å². The summed E-state index contributed by atoms with van der Waals surface area (Å²) in [6.07, 6.45) is 5.95. The Balaban J connectivity index is 2.79. The molecule has 1 rings (SSSR count). The summed E-state index contributed by atoms with van der Waals surface area (Å²) < 4.78 is 0. The molecule has 0 heteroatoms. The van der Waals surface area contributed by atoms with Crippen molar-refractivity contribution in [1.29, 1.82) is 0 Å². The maximum absolute atomic E-state index is 2.38. The van der Waals surface area contributed by atoms with Gasteiger partial charge in [0.15, 0.2) is 0 Å². The van der Waals surface area contributed by atoms with Crippen LogP contribution in [-0.4, -0.2) is 0 Å². The van der Waals surface area contributed by atoms with Crippen LogP contribution in [0.2, 0.25) is 0 Å². The van der Waals surface area contributed by atoms with Gasteiger partial charge in [0, 0.05) is 0 Å². The molecule has 0 saturated heterocycles. The highest BCUT2D eigenvalue weighted by atomic mass is 14.3. The third kappa shape index (κ3) is 1.42. The monoisotopic (exact) mass is 137 g/mol. The van der Waals surface area contributed by atoms with Crippen molar-refractivity contribution in [2.45, 2.75) is 34.1 Å². The van der Waals surface area contributed by atoms with Gasteiger partial charge in [-0.05, 0) is 31.1 Å². The summed E-state index contributed by atoms with van der Waals surface area (Å²) in [4.78, 5) is 0. The van der Waals surface area contributed by atoms with E-state index in [0.717, 1.165) is 5.92 Å². The fourth-order valence-corrected chi connectivity index (χ4v) is 1.45. The SMILES string of the molecule is CC1=CC(C)(C)C(C)C[CH]1. The summed E-state index contributed by atoms with van der Waals surface area (Å²) in [6, 6.07) is 0. The molecule has 0 nitrogen and oxygen atoms in total. The molecule has 0 fully saturated rings. The van der Waals surface area contributed by atoms with Gasteiger partial charge < -0.3 is 0 Å². The number of hydrogen-bond acceptors (Lipinski definition) is 0. The van der Waals surface area contributed by atoms with Crippen molar-refractivity contribution in [3.63, 3.8) is 0 Å². The van der Waals surface area contributed by atoms with E-state index in [2.05, 4.69) is 40.2 Å². The Kier molecular flexibility index (Phi) is 1.89. The van der Waals surface area contributed by atoms with Gasteiger partial charge in [-0.2, -0.15) is 0 Å². The predicted molar refractivity (Wildman–Crippen MR) is 45.6 cm³/mol. The Bertz CT molecular complexity index is 151. The van der Waals surface area contributed by atoms with Crippen LogP contribution in [0, 0.1) is 17.8 Å². The molecule has 1 aliphatic rings. The van der Waals surface area contributed by atoms with Crippen LogP contribution in [0.4, 0.5) is 0 Å². The Morgan fingerprint density at radius 1 is 1.50 bits per heavy atom. The van der Waals surface area contributed by atoms with E-state index in [1.807, 2.05) is 0 Å². The standard InChI is InChI=1S/C10H17/c1-8-5-6-9(2)10(3,4)7-8/h5,7,9H,6H2,1-4H3. The van der Waals surface area contributed by atoms with Gasteiger partial charge in [-0.1, -0.05) is 32.4 Å². The lowest BCUT2D eigenvalue weighted by Gasteiger charge is -2.33. The van der Waals surface area contributed by atoms with Crippen molar-refractivity contribution in [3.05, 3.63) is 18.1 Å². The van der Waals surface area contributed by atoms with Crippen LogP contribution in [0.3, 0.4) is 0 Å². The lowest BCUT2D eigenvalue weighted by atomic mass is 9.72. The molecule has 0 aromatic rings. The maximum Gasteiger partial charge on any atom is -0.0137 e. The first-order valence-corrected chi connectivity index (χ1v) is 4.05. The minimum atomic E-state index is 0.416. The third-order valence-electron chi connectivity index (χ3n) is 2.66. The number of hydrogen-bond donors (Lipinski definition) is 0. The molecule has 0 aliphatic heterocycles. The minimum Gasteiger partial charge on any atom is -0.0794 e. The lowest BCUT2D eigenvalue weighted by Crippen LogP contribution is -2.23. The molecule has 0 N–H and O–H groups in total. The first kappa shape index (κ1) is 7.84. The summed E-state index contributed by atoms with van der Waals surface area (Å²) in [5.41, 5.74) is 1.86. The van der Waals surface area contributed by atoms with Crippen LogP contribution < -0.4 is 0 Å². The molecule has 57 valence electrons. The minimum absolute atomic E-state index is 0.416. The normalized spacial score (nSPS) is 31.6. The predicted octanol–water partition coefficient (Wildman–Crippen LogP) is 3.20. The molecular weight excluding hydrogens is 120 g/mol. The Morgan fingerprint density at radius 2 is 2.10 bits per heavy atom. The molecule has 0 aromatic heterocycles. The van der Waals surface area contributed by atoms with Gasteiger partial charge in [0.2, 0.25) is 0 Å². The van der Waals surface area contributed by atoms with Gasteiger partial charge in [-0.25, -0.2) is 0 Å². The van der Waals surface area contributed by atoms with E-state index >= 15 is 0 Å². The molecule has 10 heavy (non-hydrogen) atoms. The second kappa shape index (κ2) is 2.41. The summed E-state index contributed by atoms with van der Waals surface area (Å²) in [7, 11) is 0. The van der Waals surface area contributed by atoms with E-state index in [4.69, 9.17) is 0 Å². The van der Waals surface area contributed by atoms with Crippen molar-refractivity contribution in [2.24, 2.45) is 11.3 Å². The van der Waals surface area contributed by atoms with Gasteiger partial charge in [0.05, 0.1) is 0 Å². The van der Waals surface area contributed by atoms with Crippen molar-refractivity contribution >= 4 is 0 Å². The van der Waals surface area contributed by atoms with Crippen LogP contribution in [0.15, 0.2) is 11.6 Å². The van der Waals surface area contributed by atoms with Crippen molar-refractivity contribution < 1.29 is 0 Å². The van der Waals surface area contributed by atoms with E-state index in [-0.39, 0.29) is 0 Å². The van der Waals surface area contributed by atoms with Crippen molar-refractivity contribution in [1.82, 2.24) is 0 Å². The van der Waals surface area contributed by atoms with Crippen molar-refractivity contribution in [3.8, 4) is 0 Å². The van der Waals surface area contributed by atoms with Gasteiger partial charge in [-0.15, -0.1) is 0 Å². The van der Waals surface area contributed by atoms with E-state index in [1.165, 1.54) is 12.0 Å². The first-order chi connectivity index (χ1) is 4.52. The van der Waals surface area contributed by atoms with Crippen LogP contribution in [0.25, 0.3) is 0 Å². The Hall–Kier alpha value is -0.260. The molecule has 0 aromatic carbocycles. The molecule has 1 aliphatic carbocycles. The average molecular weight is 137 g/mol. The molecule has 0 bridgehead atoms. The van der Waals surface area contributed by atoms with E-state index in [9.17, 15) is 0 Å². The Morgan fingerprint density at radius 3 is 2.50 bits per heavy atom. The molecule has 0 amide bonds. The number of allylic oxidation sites excluding steroid dienone is 2.